The maximum Gasteiger partial charge on any atom is 0.260 e. The zero-order chi connectivity index (χ0) is 17.2. The number of hydrogen-bond donors (Lipinski definition) is 1. The summed E-state index contributed by atoms with van der Waals surface area (Å²) in [5.41, 5.74) is 2.24. The SMILES string of the molecule is CCOc1ccc(C=Cc2nc3sc4c(c3c(=O)[nH]2)CCCC4)cc1. The van der Waals surface area contributed by atoms with E-state index >= 15 is 0 Å². The zero-order valence-corrected chi connectivity index (χ0v) is 15.0. The number of aromatic nitrogens is 2. The van der Waals surface area contributed by atoms with Crippen LogP contribution in [0.15, 0.2) is 29.1 Å². The van der Waals surface area contributed by atoms with E-state index < -0.39 is 0 Å². The van der Waals surface area contributed by atoms with Crippen LogP contribution in [0.1, 0.15) is 41.6 Å². The van der Waals surface area contributed by atoms with Crippen molar-refractivity contribution in [3.8, 4) is 5.75 Å². The van der Waals surface area contributed by atoms with Crippen LogP contribution in [-0.4, -0.2) is 16.6 Å². The fourth-order valence-corrected chi connectivity index (χ4v) is 4.55. The third kappa shape index (κ3) is 3.24. The van der Waals surface area contributed by atoms with Crippen LogP contribution < -0.4 is 10.3 Å². The minimum absolute atomic E-state index is 0.0178. The molecule has 0 saturated carbocycles. The lowest BCUT2D eigenvalue weighted by Gasteiger charge is -2.09. The third-order valence-corrected chi connectivity index (χ3v) is 5.65. The molecule has 0 bridgehead atoms. The Morgan fingerprint density at radius 1 is 1.20 bits per heavy atom. The lowest BCUT2D eigenvalue weighted by molar-refractivity contribution is 0.340. The van der Waals surface area contributed by atoms with Crippen LogP contribution in [0.3, 0.4) is 0 Å². The molecule has 1 aliphatic carbocycles. The summed E-state index contributed by atoms with van der Waals surface area (Å²) in [5.74, 6) is 1.46. The largest absolute Gasteiger partial charge is 0.494 e. The van der Waals surface area contributed by atoms with Gasteiger partial charge in [-0.15, -0.1) is 11.3 Å². The Hall–Kier alpha value is -2.40. The smallest absolute Gasteiger partial charge is 0.260 e. The molecule has 0 atom stereocenters. The molecule has 1 aromatic carbocycles. The van der Waals surface area contributed by atoms with Crippen LogP contribution >= 0.6 is 11.3 Å². The van der Waals surface area contributed by atoms with Gasteiger partial charge in [0.05, 0.1) is 12.0 Å². The number of fused-ring (bicyclic) bond motifs is 3. The van der Waals surface area contributed by atoms with E-state index in [1.165, 1.54) is 16.9 Å². The first kappa shape index (κ1) is 16.1. The second kappa shape index (κ2) is 6.84. The van der Waals surface area contributed by atoms with Crippen molar-refractivity contribution in [2.45, 2.75) is 32.6 Å². The number of benzene rings is 1. The van der Waals surface area contributed by atoms with Crippen molar-refractivity contribution in [3.63, 3.8) is 0 Å². The maximum absolute atomic E-state index is 12.5. The Balaban J connectivity index is 1.64. The zero-order valence-electron chi connectivity index (χ0n) is 14.2. The van der Waals surface area contributed by atoms with E-state index in [0.717, 1.165) is 40.8 Å². The molecule has 0 aliphatic heterocycles. The summed E-state index contributed by atoms with van der Waals surface area (Å²) >= 11 is 1.68. The van der Waals surface area contributed by atoms with Gasteiger partial charge in [0.2, 0.25) is 0 Å². The number of rotatable bonds is 4. The quantitative estimate of drug-likeness (QED) is 0.755. The van der Waals surface area contributed by atoms with Gasteiger partial charge in [0.25, 0.3) is 5.56 Å². The average molecular weight is 352 g/mol. The van der Waals surface area contributed by atoms with E-state index in [1.807, 2.05) is 43.3 Å². The van der Waals surface area contributed by atoms with E-state index in [9.17, 15) is 4.79 Å². The van der Waals surface area contributed by atoms with Gasteiger partial charge in [-0.3, -0.25) is 4.79 Å². The lowest BCUT2D eigenvalue weighted by atomic mass is 9.97. The maximum atomic E-state index is 12.5. The van der Waals surface area contributed by atoms with Gasteiger partial charge in [-0.1, -0.05) is 18.2 Å². The highest BCUT2D eigenvalue weighted by Crippen LogP contribution is 2.33. The molecule has 1 aliphatic rings. The summed E-state index contributed by atoms with van der Waals surface area (Å²) in [5, 5.41) is 0.804. The van der Waals surface area contributed by atoms with Crippen molar-refractivity contribution in [2.75, 3.05) is 6.61 Å². The molecule has 2 aromatic heterocycles. The van der Waals surface area contributed by atoms with E-state index in [4.69, 9.17) is 4.74 Å². The van der Waals surface area contributed by atoms with E-state index in [-0.39, 0.29) is 5.56 Å². The molecule has 25 heavy (non-hydrogen) atoms. The van der Waals surface area contributed by atoms with Crippen molar-refractivity contribution in [1.29, 1.82) is 0 Å². The summed E-state index contributed by atoms with van der Waals surface area (Å²) in [6.45, 7) is 2.62. The number of ether oxygens (including phenoxy) is 1. The highest BCUT2D eigenvalue weighted by atomic mass is 32.1. The van der Waals surface area contributed by atoms with Crippen molar-refractivity contribution < 1.29 is 4.74 Å². The van der Waals surface area contributed by atoms with Gasteiger partial charge >= 0.3 is 0 Å². The van der Waals surface area contributed by atoms with Crippen LogP contribution in [0, 0.1) is 0 Å². The summed E-state index contributed by atoms with van der Waals surface area (Å²) < 4.78 is 5.44. The minimum Gasteiger partial charge on any atom is -0.494 e. The van der Waals surface area contributed by atoms with Crippen LogP contribution in [0.5, 0.6) is 5.75 Å². The highest BCUT2D eigenvalue weighted by Gasteiger charge is 2.19. The van der Waals surface area contributed by atoms with E-state index in [0.29, 0.717) is 12.4 Å². The number of aryl methyl sites for hydroxylation is 2. The Labute approximate surface area is 150 Å². The molecule has 5 heteroatoms. The number of hydrogen-bond acceptors (Lipinski definition) is 4. The number of nitrogens with one attached hydrogen (secondary N) is 1. The molecular weight excluding hydrogens is 332 g/mol. The average Bonchev–Trinajstić information content (AvgIpc) is 3.00. The molecular formula is C20H20N2O2S. The summed E-state index contributed by atoms with van der Waals surface area (Å²) in [7, 11) is 0. The number of nitrogens with zero attached hydrogens (tertiary/aromatic N) is 1. The second-order valence-electron chi connectivity index (χ2n) is 6.18. The molecule has 2 heterocycles. The fraction of sp³-hybridized carbons (Fsp3) is 0.300. The summed E-state index contributed by atoms with van der Waals surface area (Å²) in [4.78, 5) is 22.3. The molecule has 128 valence electrons. The second-order valence-corrected chi connectivity index (χ2v) is 7.26. The lowest BCUT2D eigenvalue weighted by Crippen LogP contribution is -2.11. The highest BCUT2D eigenvalue weighted by molar-refractivity contribution is 7.18. The Morgan fingerprint density at radius 2 is 2.00 bits per heavy atom. The number of thiophene rings is 1. The van der Waals surface area contributed by atoms with Gasteiger partial charge in [-0.05, 0) is 61.9 Å². The predicted octanol–water partition coefficient (Wildman–Crippen LogP) is 4.43. The van der Waals surface area contributed by atoms with Crippen LogP contribution in [0.25, 0.3) is 22.4 Å². The molecule has 0 radical (unpaired) electrons. The molecule has 0 saturated heterocycles. The first-order valence-corrected chi connectivity index (χ1v) is 9.52. The molecule has 0 unspecified atom stereocenters. The van der Waals surface area contributed by atoms with Crippen molar-refractivity contribution >= 4 is 33.7 Å². The minimum atomic E-state index is -0.0178. The molecule has 0 amide bonds. The predicted molar refractivity (Wildman–Crippen MR) is 103 cm³/mol. The number of aromatic amines is 1. The standard InChI is InChI=1S/C20H20N2O2S/c1-2-24-14-10-7-13(8-11-14)9-12-17-21-19(23)18-15-5-3-4-6-16(15)25-20(18)22-17/h7-12H,2-6H2,1H3,(H,21,22,23). The Bertz CT molecular complexity index is 983. The first-order chi connectivity index (χ1) is 12.2. The van der Waals surface area contributed by atoms with Crippen LogP contribution in [-0.2, 0) is 12.8 Å². The summed E-state index contributed by atoms with van der Waals surface area (Å²) in [6, 6.07) is 7.86. The summed E-state index contributed by atoms with van der Waals surface area (Å²) in [6.07, 6.45) is 8.26. The van der Waals surface area contributed by atoms with Gasteiger partial charge in [0.1, 0.15) is 16.4 Å². The third-order valence-electron chi connectivity index (χ3n) is 4.47. The van der Waals surface area contributed by atoms with Crippen molar-refractivity contribution in [1.82, 2.24) is 9.97 Å². The van der Waals surface area contributed by atoms with Gasteiger partial charge < -0.3 is 9.72 Å². The van der Waals surface area contributed by atoms with E-state index in [1.54, 1.807) is 11.3 Å². The van der Waals surface area contributed by atoms with Crippen molar-refractivity contribution in [3.05, 3.63) is 56.4 Å². The molecule has 0 fully saturated rings. The Kier molecular flexibility index (Phi) is 4.40. The van der Waals surface area contributed by atoms with Gasteiger partial charge in [0.15, 0.2) is 0 Å². The van der Waals surface area contributed by atoms with Gasteiger partial charge in [-0.2, -0.15) is 0 Å². The molecule has 3 aromatic rings. The molecule has 4 rings (SSSR count). The molecule has 4 nitrogen and oxygen atoms in total. The normalized spacial score (nSPS) is 14.1. The topological polar surface area (TPSA) is 55.0 Å². The fourth-order valence-electron chi connectivity index (χ4n) is 3.28. The monoisotopic (exact) mass is 352 g/mol. The number of H-pyrrole nitrogens is 1. The van der Waals surface area contributed by atoms with Crippen molar-refractivity contribution in [2.24, 2.45) is 0 Å². The van der Waals surface area contributed by atoms with Gasteiger partial charge in [-0.25, -0.2) is 4.98 Å². The molecule has 0 spiro atoms. The van der Waals surface area contributed by atoms with Crippen LogP contribution in [0.4, 0.5) is 0 Å². The first-order valence-electron chi connectivity index (χ1n) is 8.70. The van der Waals surface area contributed by atoms with E-state index in [2.05, 4.69) is 9.97 Å². The van der Waals surface area contributed by atoms with Gasteiger partial charge in [0, 0.05) is 4.88 Å². The Morgan fingerprint density at radius 3 is 2.80 bits per heavy atom. The van der Waals surface area contributed by atoms with Crippen LogP contribution in [0.2, 0.25) is 0 Å². The molecule has 1 N–H and O–H groups in total.